The fraction of sp³-hybridized carbons (Fsp3) is 0.127. The summed E-state index contributed by atoms with van der Waals surface area (Å²) in [5.74, 6) is 1.15. The second kappa shape index (κ2) is 12.6. The number of furan rings is 1. The Morgan fingerprint density at radius 2 is 1.29 bits per heavy atom. The van der Waals surface area contributed by atoms with Crippen LogP contribution < -0.4 is 9.64 Å². The maximum absolute atomic E-state index is 6.68. The molecule has 12 rings (SSSR count). The highest BCUT2D eigenvalue weighted by molar-refractivity contribution is 6.09. The van der Waals surface area contributed by atoms with Gasteiger partial charge in [-0.05, 0) is 69.5 Å². The van der Waals surface area contributed by atoms with E-state index in [0.717, 1.165) is 39.7 Å². The van der Waals surface area contributed by atoms with E-state index in [1.807, 2.05) is 6.07 Å². The van der Waals surface area contributed by atoms with Crippen LogP contribution in [0, 0.1) is 0 Å². The van der Waals surface area contributed by atoms with E-state index in [1.54, 1.807) is 0 Å². The van der Waals surface area contributed by atoms with Crippen LogP contribution in [0.1, 0.15) is 54.0 Å². The van der Waals surface area contributed by atoms with E-state index in [9.17, 15) is 0 Å². The largest absolute Gasteiger partial charge is 0.484 e. The van der Waals surface area contributed by atoms with Crippen molar-refractivity contribution < 1.29 is 9.15 Å². The summed E-state index contributed by atoms with van der Waals surface area (Å²) in [5, 5.41) is 4.70. The topological polar surface area (TPSA) is 25.6 Å². The van der Waals surface area contributed by atoms with Gasteiger partial charge in [-0.1, -0.05) is 172 Å². The fourth-order valence-electron chi connectivity index (χ4n) is 10.4. The van der Waals surface area contributed by atoms with Gasteiger partial charge in [0.1, 0.15) is 23.0 Å². The number of fused-ring (bicyclic) bond motifs is 11. The van der Waals surface area contributed by atoms with E-state index in [-0.39, 0.29) is 23.5 Å². The first-order valence-electron chi connectivity index (χ1n) is 20.5. The lowest BCUT2D eigenvalue weighted by molar-refractivity contribution is 0.272. The summed E-state index contributed by atoms with van der Waals surface area (Å²) in [7, 11) is 0. The Bertz CT molecular complexity index is 3130. The van der Waals surface area contributed by atoms with E-state index < -0.39 is 0 Å². The van der Waals surface area contributed by atoms with Crippen LogP contribution in [0.3, 0.4) is 0 Å². The average molecular weight is 748 g/mol. The monoisotopic (exact) mass is 747 g/mol. The Labute approximate surface area is 338 Å². The Balaban J connectivity index is 0.997. The summed E-state index contributed by atoms with van der Waals surface area (Å²) >= 11 is 0. The van der Waals surface area contributed by atoms with Gasteiger partial charge in [0.15, 0.2) is 0 Å². The van der Waals surface area contributed by atoms with Crippen LogP contribution in [0.25, 0.3) is 55.0 Å². The van der Waals surface area contributed by atoms with E-state index in [0.29, 0.717) is 0 Å². The predicted octanol–water partition coefficient (Wildman–Crippen LogP) is 14.1. The second-order valence-corrected chi connectivity index (χ2v) is 16.7. The van der Waals surface area contributed by atoms with Gasteiger partial charge in [-0.15, -0.1) is 0 Å². The molecule has 58 heavy (non-hydrogen) atoms. The Morgan fingerprint density at radius 3 is 2.19 bits per heavy atom. The molecule has 7 aromatic carbocycles. The van der Waals surface area contributed by atoms with Crippen molar-refractivity contribution in [2.45, 2.75) is 43.7 Å². The van der Waals surface area contributed by atoms with Gasteiger partial charge >= 0.3 is 0 Å². The normalized spacial score (nSPS) is 19.7. The molecule has 2 heterocycles. The van der Waals surface area contributed by atoms with Crippen molar-refractivity contribution in [3.8, 4) is 16.9 Å². The summed E-state index contributed by atoms with van der Waals surface area (Å²) in [5.41, 5.74) is 15.5. The number of anilines is 2. The highest BCUT2D eigenvalue weighted by atomic mass is 16.5. The van der Waals surface area contributed by atoms with E-state index in [4.69, 9.17) is 9.15 Å². The molecule has 4 aliphatic rings. The molecule has 0 bridgehead atoms. The van der Waals surface area contributed by atoms with Crippen LogP contribution >= 0.6 is 0 Å². The Hall–Kier alpha value is -6.84. The molecule has 8 aromatic rings. The molecule has 0 saturated carbocycles. The quantitative estimate of drug-likeness (QED) is 0.175. The molecule has 3 atom stereocenters. The van der Waals surface area contributed by atoms with Gasteiger partial charge in [-0.3, -0.25) is 0 Å². The summed E-state index contributed by atoms with van der Waals surface area (Å²) in [6.45, 7) is 4.78. The van der Waals surface area contributed by atoms with Gasteiger partial charge in [-0.25, -0.2) is 0 Å². The number of ether oxygens (including phenoxy) is 1. The molecule has 0 saturated heterocycles. The molecule has 0 amide bonds. The lowest BCUT2D eigenvalue weighted by Crippen LogP contribution is -2.33. The van der Waals surface area contributed by atoms with Crippen molar-refractivity contribution in [2.24, 2.45) is 0 Å². The molecule has 0 spiro atoms. The van der Waals surface area contributed by atoms with Crippen LogP contribution in [0.15, 0.2) is 186 Å². The zero-order valence-corrected chi connectivity index (χ0v) is 32.5. The van der Waals surface area contributed by atoms with Gasteiger partial charge in [0.05, 0.1) is 6.04 Å². The molecule has 3 nitrogen and oxygen atoms in total. The highest BCUT2D eigenvalue weighted by Gasteiger charge is 2.40. The Kier molecular flexibility index (Phi) is 7.23. The third kappa shape index (κ3) is 4.86. The van der Waals surface area contributed by atoms with Gasteiger partial charge in [0.25, 0.3) is 0 Å². The summed E-state index contributed by atoms with van der Waals surface area (Å²) in [6, 6.07) is 52.8. The number of para-hydroxylation sites is 3. The molecular formula is C55H41NO2. The maximum Gasteiger partial charge on any atom is 0.143 e. The first kappa shape index (κ1) is 33.3. The van der Waals surface area contributed by atoms with Crippen molar-refractivity contribution in [2.75, 3.05) is 4.90 Å². The minimum absolute atomic E-state index is 0.0226. The molecule has 278 valence electrons. The standard InChI is InChI=1S/C55H41NO2/c1-55(2)47-21-8-5-16-41(47)43-19-12-23-49(52(43)55)56(37-29-25-35(26-30-37)40-18-11-20-44-42-17-7-10-24-50(42)57-53(40)44)48-22-9-6-14-38(48)36-28-32-51-46(33-36)45-31-27-34-13-3-4-15-39(34)54(45)58-51/h3-29,31-33,37,46,51H,30H2,1-2H3. The van der Waals surface area contributed by atoms with Gasteiger partial charge in [0.2, 0.25) is 0 Å². The molecule has 1 aliphatic heterocycles. The number of rotatable bonds is 5. The van der Waals surface area contributed by atoms with Gasteiger partial charge in [0, 0.05) is 55.6 Å². The van der Waals surface area contributed by atoms with Crippen LogP contribution in [-0.4, -0.2) is 12.1 Å². The van der Waals surface area contributed by atoms with Crippen molar-refractivity contribution in [1.29, 1.82) is 0 Å². The van der Waals surface area contributed by atoms with Crippen LogP contribution in [0.4, 0.5) is 11.4 Å². The third-order valence-corrected chi connectivity index (χ3v) is 13.1. The van der Waals surface area contributed by atoms with Crippen LogP contribution in [0.2, 0.25) is 0 Å². The summed E-state index contributed by atoms with van der Waals surface area (Å²) in [4.78, 5) is 2.63. The number of hydrogen-bond donors (Lipinski definition) is 0. The van der Waals surface area contributed by atoms with Crippen LogP contribution in [-0.2, 0) is 5.41 Å². The third-order valence-electron chi connectivity index (χ3n) is 13.1. The van der Waals surface area contributed by atoms with Gasteiger partial charge < -0.3 is 14.1 Å². The number of nitrogens with zero attached hydrogens (tertiary/aromatic N) is 1. The van der Waals surface area contributed by atoms with Crippen molar-refractivity contribution in [1.82, 2.24) is 0 Å². The molecule has 1 aromatic heterocycles. The van der Waals surface area contributed by atoms with Gasteiger partial charge in [-0.2, -0.15) is 0 Å². The minimum Gasteiger partial charge on any atom is -0.484 e. The lowest BCUT2D eigenvalue weighted by Gasteiger charge is -2.38. The summed E-state index contributed by atoms with van der Waals surface area (Å²) in [6.07, 6.45) is 14.9. The number of hydrogen-bond acceptors (Lipinski definition) is 3. The molecule has 3 unspecified atom stereocenters. The van der Waals surface area contributed by atoms with E-state index in [2.05, 4.69) is 195 Å². The molecule has 3 heteroatoms. The van der Waals surface area contributed by atoms with Crippen LogP contribution in [0.5, 0.6) is 5.75 Å². The first-order valence-corrected chi connectivity index (χ1v) is 20.5. The number of benzene rings is 7. The zero-order valence-electron chi connectivity index (χ0n) is 32.5. The fourth-order valence-corrected chi connectivity index (χ4v) is 10.4. The summed E-state index contributed by atoms with van der Waals surface area (Å²) < 4.78 is 13.2. The van der Waals surface area contributed by atoms with E-state index in [1.165, 1.54) is 66.7 Å². The predicted molar refractivity (Wildman–Crippen MR) is 240 cm³/mol. The minimum atomic E-state index is -0.184. The molecule has 3 aliphatic carbocycles. The second-order valence-electron chi connectivity index (χ2n) is 16.7. The molecule has 0 fully saturated rings. The molecule has 0 radical (unpaired) electrons. The lowest BCUT2D eigenvalue weighted by atomic mass is 9.80. The SMILES string of the molecule is CC1(C)c2ccccc2-c2cccc(N(c3ccccc3C3=CC4c5ccc6ccccc6c5OC4C=C3)C3C=CC(c4cccc5c4oc4ccccc45)=CC3)c21. The maximum atomic E-state index is 6.68. The molecule has 0 N–H and O–H groups in total. The first-order chi connectivity index (χ1) is 28.5. The van der Waals surface area contributed by atoms with Crippen molar-refractivity contribution in [3.05, 3.63) is 210 Å². The highest BCUT2D eigenvalue weighted by Crippen LogP contribution is 2.55. The smallest absolute Gasteiger partial charge is 0.143 e. The van der Waals surface area contributed by atoms with Crippen molar-refractivity contribution in [3.63, 3.8) is 0 Å². The Morgan fingerprint density at radius 1 is 0.586 bits per heavy atom. The van der Waals surface area contributed by atoms with Crippen molar-refractivity contribution >= 4 is 55.2 Å². The average Bonchev–Trinajstić information content (AvgIpc) is 3.92. The van der Waals surface area contributed by atoms with E-state index >= 15 is 0 Å². The number of allylic oxidation sites excluding steroid dienone is 4. The zero-order chi connectivity index (χ0) is 38.5. The molecular weight excluding hydrogens is 707 g/mol.